The van der Waals surface area contributed by atoms with Crippen LogP contribution in [0.5, 0.6) is 5.75 Å². The van der Waals surface area contributed by atoms with E-state index in [0.29, 0.717) is 23.9 Å². The van der Waals surface area contributed by atoms with Crippen LogP contribution in [0, 0.1) is 6.92 Å². The fourth-order valence-corrected chi connectivity index (χ4v) is 5.28. The summed E-state index contributed by atoms with van der Waals surface area (Å²) in [6.07, 6.45) is 7.14. The summed E-state index contributed by atoms with van der Waals surface area (Å²) in [5.41, 5.74) is 3.10. The van der Waals surface area contributed by atoms with Gasteiger partial charge in [0.1, 0.15) is 11.6 Å². The standard InChI is InChI=1S/C26H35N5O3/c1-3-34-22-11-10-19(17-30-12-14-33-15-13-30)16-21(22)24-28-26(32)23-18(2)27-25(31(23)29-24)20-8-6-4-5-7-9-20/h10-11,16,20H,3-9,12-15,17H2,1-2H3,(H,28,29,32). The van der Waals surface area contributed by atoms with E-state index >= 15 is 0 Å². The van der Waals surface area contributed by atoms with Gasteiger partial charge in [-0.15, -0.1) is 5.10 Å². The fourth-order valence-electron chi connectivity index (χ4n) is 5.28. The minimum absolute atomic E-state index is 0.157. The highest BCUT2D eigenvalue weighted by molar-refractivity contribution is 5.66. The quantitative estimate of drug-likeness (QED) is 0.553. The molecule has 1 N–H and O–H groups in total. The molecule has 8 heteroatoms. The number of nitrogens with zero attached hydrogens (tertiary/aromatic N) is 4. The molecule has 8 nitrogen and oxygen atoms in total. The van der Waals surface area contributed by atoms with E-state index in [0.717, 1.165) is 74.1 Å². The third-order valence-electron chi connectivity index (χ3n) is 7.03. The lowest BCUT2D eigenvalue weighted by atomic mass is 10.00. The minimum Gasteiger partial charge on any atom is -0.493 e. The molecule has 3 aromatic rings. The van der Waals surface area contributed by atoms with Crippen molar-refractivity contribution in [3.8, 4) is 17.1 Å². The van der Waals surface area contributed by atoms with Crippen LogP contribution in [0.15, 0.2) is 23.0 Å². The van der Waals surface area contributed by atoms with Crippen molar-refractivity contribution in [2.45, 2.75) is 64.8 Å². The Kier molecular flexibility index (Phi) is 6.97. The van der Waals surface area contributed by atoms with Gasteiger partial charge in [-0.1, -0.05) is 31.7 Å². The van der Waals surface area contributed by atoms with Crippen molar-refractivity contribution in [1.82, 2.24) is 24.5 Å². The number of imidazole rings is 1. The van der Waals surface area contributed by atoms with Crippen LogP contribution in [-0.4, -0.2) is 57.4 Å². The highest BCUT2D eigenvalue weighted by atomic mass is 16.5. The molecular formula is C26H35N5O3. The minimum atomic E-state index is -0.157. The average Bonchev–Trinajstić information content (AvgIpc) is 3.00. The van der Waals surface area contributed by atoms with E-state index in [2.05, 4.69) is 22.0 Å². The second kappa shape index (κ2) is 10.3. The first-order chi connectivity index (χ1) is 16.6. The SMILES string of the molecule is CCOc1ccc(CN2CCOCC2)cc1-c1nn2c(C3CCCCCC3)nc(C)c2c(=O)[nH]1. The molecule has 0 radical (unpaired) electrons. The molecule has 0 bridgehead atoms. The van der Waals surface area contributed by atoms with Gasteiger partial charge in [0.2, 0.25) is 0 Å². The van der Waals surface area contributed by atoms with E-state index in [1.807, 2.05) is 24.4 Å². The van der Waals surface area contributed by atoms with Crippen LogP contribution in [0.1, 0.15) is 68.4 Å². The number of H-pyrrole nitrogens is 1. The number of benzene rings is 1. The second-order valence-electron chi connectivity index (χ2n) is 9.46. The Balaban J connectivity index is 1.57. The van der Waals surface area contributed by atoms with E-state index in [1.165, 1.54) is 25.7 Å². The van der Waals surface area contributed by atoms with Crippen LogP contribution >= 0.6 is 0 Å². The van der Waals surface area contributed by atoms with Gasteiger partial charge in [-0.2, -0.15) is 0 Å². The highest BCUT2D eigenvalue weighted by Gasteiger charge is 2.24. The predicted octanol–water partition coefficient (Wildman–Crippen LogP) is 4.06. The molecule has 2 fully saturated rings. The largest absolute Gasteiger partial charge is 0.493 e. The zero-order valence-electron chi connectivity index (χ0n) is 20.3. The Morgan fingerprint density at radius 1 is 1.15 bits per heavy atom. The fraction of sp³-hybridized carbons (Fsp3) is 0.577. The third kappa shape index (κ3) is 4.74. The van der Waals surface area contributed by atoms with Crippen molar-refractivity contribution >= 4 is 5.52 Å². The van der Waals surface area contributed by atoms with Crippen molar-refractivity contribution in [2.24, 2.45) is 0 Å². The molecule has 0 unspecified atom stereocenters. The zero-order valence-corrected chi connectivity index (χ0v) is 20.3. The summed E-state index contributed by atoms with van der Waals surface area (Å²) in [5.74, 6) is 2.51. The van der Waals surface area contributed by atoms with Crippen molar-refractivity contribution < 1.29 is 9.47 Å². The first kappa shape index (κ1) is 23.1. The number of morpholine rings is 1. The molecule has 0 amide bonds. The second-order valence-corrected chi connectivity index (χ2v) is 9.46. The van der Waals surface area contributed by atoms with Gasteiger partial charge in [0.05, 0.1) is 31.1 Å². The maximum Gasteiger partial charge on any atom is 0.277 e. The maximum atomic E-state index is 13.2. The van der Waals surface area contributed by atoms with E-state index in [-0.39, 0.29) is 5.56 Å². The molecule has 1 aliphatic heterocycles. The van der Waals surface area contributed by atoms with E-state index in [1.54, 1.807) is 0 Å². The van der Waals surface area contributed by atoms with Crippen molar-refractivity contribution in [3.05, 3.63) is 45.6 Å². The van der Waals surface area contributed by atoms with Crippen LogP contribution < -0.4 is 10.3 Å². The van der Waals surface area contributed by atoms with Crippen LogP contribution in [0.3, 0.4) is 0 Å². The lowest BCUT2D eigenvalue weighted by Gasteiger charge is -2.26. The molecule has 3 heterocycles. The summed E-state index contributed by atoms with van der Waals surface area (Å²) >= 11 is 0. The Labute approximate surface area is 200 Å². The molecule has 1 aliphatic carbocycles. The lowest BCUT2D eigenvalue weighted by molar-refractivity contribution is 0.0342. The normalized spacial score (nSPS) is 18.3. The van der Waals surface area contributed by atoms with Crippen LogP contribution in [-0.2, 0) is 11.3 Å². The smallest absolute Gasteiger partial charge is 0.277 e. The summed E-state index contributed by atoms with van der Waals surface area (Å²) in [7, 11) is 0. The zero-order chi connectivity index (χ0) is 23.5. The number of nitrogens with one attached hydrogen (secondary N) is 1. The summed E-state index contributed by atoms with van der Waals surface area (Å²) in [6, 6.07) is 6.18. The lowest BCUT2D eigenvalue weighted by Crippen LogP contribution is -2.35. The van der Waals surface area contributed by atoms with E-state index < -0.39 is 0 Å². The van der Waals surface area contributed by atoms with Gasteiger partial charge in [0, 0.05) is 25.6 Å². The third-order valence-corrected chi connectivity index (χ3v) is 7.03. The van der Waals surface area contributed by atoms with Crippen molar-refractivity contribution in [3.63, 3.8) is 0 Å². The highest BCUT2D eigenvalue weighted by Crippen LogP contribution is 2.33. The van der Waals surface area contributed by atoms with Gasteiger partial charge in [0.25, 0.3) is 5.56 Å². The van der Waals surface area contributed by atoms with Crippen LogP contribution in [0.25, 0.3) is 16.9 Å². The Morgan fingerprint density at radius 2 is 1.91 bits per heavy atom. The first-order valence-electron chi connectivity index (χ1n) is 12.7. The topological polar surface area (TPSA) is 84.8 Å². The number of hydrogen-bond donors (Lipinski definition) is 1. The number of hydrogen-bond acceptors (Lipinski definition) is 6. The van der Waals surface area contributed by atoms with Gasteiger partial charge in [-0.3, -0.25) is 9.69 Å². The molecule has 5 rings (SSSR count). The molecule has 0 atom stereocenters. The number of ether oxygens (including phenoxy) is 2. The first-order valence-corrected chi connectivity index (χ1v) is 12.7. The number of aromatic nitrogens is 4. The van der Waals surface area contributed by atoms with Crippen LogP contribution in [0.2, 0.25) is 0 Å². The van der Waals surface area contributed by atoms with Gasteiger partial charge < -0.3 is 14.5 Å². The maximum absolute atomic E-state index is 13.2. The molecule has 2 aliphatic rings. The Hall–Kier alpha value is -2.71. The molecule has 1 aromatic carbocycles. The van der Waals surface area contributed by atoms with Gasteiger partial charge in [0.15, 0.2) is 11.3 Å². The number of aryl methyl sites for hydroxylation is 1. The molecule has 34 heavy (non-hydrogen) atoms. The average molecular weight is 466 g/mol. The molecule has 0 spiro atoms. The van der Waals surface area contributed by atoms with Gasteiger partial charge in [-0.25, -0.2) is 9.50 Å². The number of aromatic amines is 1. The van der Waals surface area contributed by atoms with Crippen molar-refractivity contribution in [2.75, 3.05) is 32.9 Å². The summed E-state index contributed by atoms with van der Waals surface area (Å²) in [4.78, 5) is 23.4. The summed E-state index contributed by atoms with van der Waals surface area (Å²) < 4.78 is 13.2. The summed E-state index contributed by atoms with van der Waals surface area (Å²) in [6.45, 7) is 8.60. The van der Waals surface area contributed by atoms with E-state index in [4.69, 9.17) is 19.6 Å². The molecule has 1 saturated carbocycles. The van der Waals surface area contributed by atoms with E-state index in [9.17, 15) is 4.79 Å². The molecule has 2 aromatic heterocycles. The molecule has 182 valence electrons. The summed E-state index contributed by atoms with van der Waals surface area (Å²) in [5, 5.41) is 4.95. The Bertz CT molecular complexity index is 1190. The molecule has 1 saturated heterocycles. The Morgan fingerprint density at radius 3 is 2.65 bits per heavy atom. The number of fused-ring (bicyclic) bond motifs is 1. The van der Waals surface area contributed by atoms with Crippen molar-refractivity contribution in [1.29, 1.82) is 0 Å². The molecular weight excluding hydrogens is 430 g/mol. The monoisotopic (exact) mass is 465 g/mol. The van der Waals surface area contributed by atoms with Gasteiger partial charge >= 0.3 is 0 Å². The predicted molar refractivity (Wildman–Crippen MR) is 131 cm³/mol. The van der Waals surface area contributed by atoms with Crippen LogP contribution in [0.4, 0.5) is 0 Å². The number of rotatable bonds is 6. The van der Waals surface area contributed by atoms with Gasteiger partial charge in [-0.05, 0) is 44.4 Å².